The van der Waals surface area contributed by atoms with Crippen molar-refractivity contribution in [2.24, 2.45) is 0 Å². The standard InChI is InChI=1S/C18H25N5O2S2/c1-13(26-5)11-15-19-17(23(20-15)18(25)21(2)3)27-12-16(24)22(4)14-9-7-6-8-10-14/h6-10,13H,11-12H2,1-5H3. The highest BCUT2D eigenvalue weighted by molar-refractivity contribution is 7.99. The number of carbonyl (C=O) groups excluding carboxylic acids is 2. The average Bonchev–Trinajstić information content (AvgIpc) is 3.07. The number of aromatic nitrogens is 3. The summed E-state index contributed by atoms with van der Waals surface area (Å²) in [6.07, 6.45) is 2.70. The molecule has 1 atom stereocenters. The van der Waals surface area contributed by atoms with Crippen LogP contribution in [0.15, 0.2) is 35.5 Å². The molecule has 7 nitrogen and oxygen atoms in total. The summed E-state index contributed by atoms with van der Waals surface area (Å²) in [6.45, 7) is 2.09. The number of rotatable bonds is 7. The normalized spacial score (nSPS) is 11.9. The van der Waals surface area contributed by atoms with Crippen molar-refractivity contribution in [1.82, 2.24) is 19.7 Å². The van der Waals surface area contributed by atoms with Gasteiger partial charge in [-0.2, -0.15) is 16.4 Å². The van der Waals surface area contributed by atoms with E-state index in [0.29, 0.717) is 22.7 Å². The third-order valence-corrected chi connectivity index (χ3v) is 5.78. The van der Waals surface area contributed by atoms with Crippen LogP contribution in [0.25, 0.3) is 0 Å². The average molecular weight is 408 g/mol. The number of hydrogen-bond donors (Lipinski definition) is 0. The lowest BCUT2D eigenvalue weighted by Crippen LogP contribution is -2.30. The van der Waals surface area contributed by atoms with Crippen LogP contribution in [-0.2, 0) is 11.2 Å². The van der Waals surface area contributed by atoms with Gasteiger partial charge >= 0.3 is 6.03 Å². The van der Waals surface area contributed by atoms with Crippen LogP contribution >= 0.6 is 23.5 Å². The van der Waals surface area contributed by atoms with Crippen LogP contribution in [-0.4, -0.2) is 70.0 Å². The van der Waals surface area contributed by atoms with Gasteiger partial charge in [0.2, 0.25) is 5.91 Å². The quantitative estimate of drug-likeness (QED) is 0.657. The van der Waals surface area contributed by atoms with Crippen LogP contribution in [0.5, 0.6) is 0 Å². The zero-order chi connectivity index (χ0) is 20.0. The fourth-order valence-corrected chi connectivity index (χ4v) is 3.36. The molecule has 9 heteroatoms. The van der Waals surface area contributed by atoms with E-state index in [2.05, 4.69) is 17.0 Å². The van der Waals surface area contributed by atoms with E-state index >= 15 is 0 Å². The molecule has 0 fully saturated rings. The second-order valence-electron chi connectivity index (χ2n) is 6.23. The minimum Gasteiger partial charge on any atom is -0.329 e. The van der Waals surface area contributed by atoms with Gasteiger partial charge in [0.25, 0.3) is 0 Å². The topological polar surface area (TPSA) is 71.3 Å². The molecule has 0 bridgehead atoms. The van der Waals surface area contributed by atoms with Gasteiger partial charge in [0.15, 0.2) is 11.0 Å². The minimum atomic E-state index is -0.281. The molecule has 0 aliphatic rings. The Bertz CT molecular complexity index is 779. The zero-order valence-electron chi connectivity index (χ0n) is 16.2. The summed E-state index contributed by atoms with van der Waals surface area (Å²) in [5.41, 5.74) is 0.823. The molecule has 2 amide bonds. The number of anilines is 1. The number of hydrogen-bond acceptors (Lipinski definition) is 6. The van der Waals surface area contributed by atoms with E-state index in [1.807, 2.05) is 36.6 Å². The molecule has 27 heavy (non-hydrogen) atoms. The lowest BCUT2D eigenvalue weighted by Gasteiger charge is -2.17. The second-order valence-corrected chi connectivity index (χ2v) is 8.45. The molecule has 1 aromatic heterocycles. The SMILES string of the molecule is CSC(C)Cc1nc(SCC(=O)N(C)c2ccccc2)n(C(=O)N(C)C)n1. The van der Waals surface area contributed by atoms with Crippen LogP contribution in [0.2, 0.25) is 0 Å². The van der Waals surface area contributed by atoms with Crippen LogP contribution in [0, 0.1) is 0 Å². The van der Waals surface area contributed by atoms with Crippen molar-refractivity contribution in [3.05, 3.63) is 36.2 Å². The van der Waals surface area contributed by atoms with Crippen molar-refractivity contribution in [3.63, 3.8) is 0 Å². The smallest absolute Gasteiger partial charge is 0.329 e. The summed E-state index contributed by atoms with van der Waals surface area (Å²) < 4.78 is 1.28. The first-order chi connectivity index (χ1) is 12.8. The Labute approximate surface area is 168 Å². The van der Waals surface area contributed by atoms with Crippen molar-refractivity contribution < 1.29 is 9.59 Å². The number of para-hydroxylation sites is 1. The fraction of sp³-hybridized carbons (Fsp3) is 0.444. The maximum Gasteiger partial charge on any atom is 0.346 e. The molecule has 0 saturated heterocycles. The molecular formula is C18H25N5O2S2. The first-order valence-electron chi connectivity index (χ1n) is 8.48. The van der Waals surface area contributed by atoms with Gasteiger partial charge in [0.05, 0.1) is 5.75 Å². The summed E-state index contributed by atoms with van der Waals surface area (Å²) in [5, 5.41) is 5.14. The molecule has 0 aliphatic heterocycles. The molecular weight excluding hydrogens is 382 g/mol. The van der Waals surface area contributed by atoms with Gasteiger partial charge in [-0.15, -0.1) is 5.10 Å². The Morgan fingerprint density at radius 3 is 2.44 bits per heavy atom. The highest BCUT2D eigenvalue weighted by Crippen LogP contribution is 2.20. The van der Waals surface area contributed by atoms with Crippen molar-refractivity contribution >= 4 is 41.1 Å². The second kappa shape index (κ2) is 9.80. The molecule has 2 rings (SSSR count). The summed E-state index contributed by atoms with van der Waals surface area (Å²) in [7, 11) is 5.06. The molecule has 0 spiro atoms. The highest BCUT2D eigenvalue weighted by Gasteiger charge is 2.21. The van der Waals surface area contributed by atoms with E-state index in [0.717, 1.165) is 5.69 Å². The molecule has 0 saturated carbocycles. The molecule has 2 aromatic rings. The summed E-state index contributed by atoms with van der Waals surface area (Å²) >= 11 is 2.94. The first-order valence-corrected chi connectivity index (χ1v) is 10.8. The van der Waals surface area contributed by atoms with E-state index in [-0.39, 0.29) is 17.7 Å². The van der Waals surface area contributed by atoms with Gasteiger partial charge in [-0.3, -0.25) is 4.79 Å². The van der Waals surface area contributed by atoms with E-state index in [4.69, 9.17) is 0 Å². The summed E-state index contributed by atoms with van der Waals surface area (Å²) in [6, 6.07) is 9.15. The van der Waals surface area contributed by atoms with Crippen LogP contribution in [0.1, 0.15) is 12.7 Å². The van der Waals surface area contributed by atoms with E-state index < -0.39 is 0 Å². The van der Waals surface area contributed by atoms with Gasteiger partial charge in [-0.25, -0.2) is 9.78 Å². The maximum atomic E-state index is 12.5. The Morgan fingerprint density at radius 1 is 1.19 bits per heavy atom. The molecule has 0 radical (unpaired) electrons. The summed E-state index contributed by atoms with van der Waals surface area (Å²) in [4.78, 5) is 32.4. The largest absolute Gasteiger partial charge is 0.346 e. The minimum absolute atomic E-state index is 0.0721. The number of benzene rings is 1. The highest BCUT2D eigenvalue weighted by atomic mass is 32.2. The third kappa shape index (κ3) is 5.74. The number of thioether (sulfide) groups is 2. The monoisotopic (exact) mass is 407 g/mol. The lowest BCUT2D eigenvalue weighted by molar-refractivity contribution is -0.115. The van der Waals surface area contributed by atoms with Crippen molar-refractivity contribution in [3.8, 4) is 0 Å². The van der Waals surface area contributed by atoms with Gasteiger partial charge in [-0.05, 0) is 18.4 Å². The Balaban J connectivity index is 2.13. The Kier molecular flexibility index (Phi) is 7.73. The molecule has 0 N–H and O–H groups in total. The van der Waals surface area contributed by atoms with Gasteiger partial charge in [0, 0.05) is 38.5 Å². The van der Waals surface area contributed by atoms with E-state index in [1.165, 1.54) is 21.3 Å². The third-order valence-electron chi connectivity index (χ3n) is 3.90. The molecule has 1 aromatic carbocycles. The number of nitrogens with zero attached hydrogens (tertiary/aromatic N) is 5. The predicted molar refractivity (Wildman–Crippen MR) is 112 cm³/mol. The molecule has 146 valence electrons. The first kappa shape index (κ1) is 21.3. The maximum absolute atomic E-state index is 12.5. The van der Waals surface area contributed by atoms with Gasteiger partial charge in [0.1, 0.15) is 0 Å². The Morgan fingerprint density at radius 2 is 1.85 bits per heavy atom. The molecule has 1 unspecified atom stereocenters. The molecule has 1 heterocycles. The van der Waals surface area contributed by atoms with Crippen LogP contribution in [0.3, 0.4) is 0 Å². The molecule has 0 aliphatic carbocycles. The Hall–Kier alpha value is -2.00. The van der Waals surface area contributed by atoms with E-state index in [1.54, 1.807) is 37.8 Å². The van der Waals surface area contributed by atoms with Gasteiger partial charge in [-0.1, -0.05) is 36.9 Å². The van der Waals surface area contributed by atoms with Crippen LogP contribution < -0.4 is 4.90 Å². The fourth-order valence-electron chi connectivity index (χ4n) is 2.19. The number of amides is 2. The van der Waals surface area contributed by atoms with Crippen molar-refractivity contribution in [2.45, 2.75) is 23.8 Å². The van der Waals surface area contributed by atoms with E-state index in [9.17, 15) is 9.59 Å². The predicted octanol–water partition coefficient (Wildman–Crippen LogP) is 2.86. The van der Waals surface area contributed by atoms with Gasteiger partial charge < -0.3 is 9.80 Å². The number of carbonyl (C=O) groups is 2. The summed E-state index contributed by atoms with van der Waals surface area (Å²) in [5.74, 6) is 0.706. The lowest BCUT2D eigenvalue weighted by atomic mass is 10.3. The van der Waals surface area contributed by atoms with Crippen molar-refractivity contribution in [2.75, 3.05) is 38.1 Å². The van der Waals surface area contributed by atoms with Crippen molar-refractivity contribution in [1.29, 1.82) is 0 Å². The van der Waals surface area contributed by atoms with Crippen LogP contribution in [0.4, 0.5) is 10.5 Å². The zero-order valence-corrected chi connectivity index (χ0v) is 17.9.